The molecule has 2 rings (SSSR count). The number of carbonyl (C=O) groups excluding carboxylic acids is 2. The van der Waals surface area contributed by atoms with Gasteiger partial charge in [-0.3, -0.25) is 9.59 Å². The van der Waals surface area contributed by atoms with Crippen LogP contribution in [0.25, 0.3) is 0 Å². The van der Waals surface area contributed by atoms with Crippen LogP contribution >= 0.6 is 0 Å². The number of pyridine rings is 1. The van der Waals surface area contributed by atoms with Crippen LogP contribution in [-0.4, -0.2) is 34.6 Å². The molecule has 0 saturated carbocycles. The van der Waals surface area contributed by atoms with Crippen molar-refractivity contribution in [3.05, 3.63) is 24.4 Å². The average Bonchev–Trinajstić information content (AvgIpc) is 2.37. The average molecular weight is 251 g/mol. The van der Waals surface area contributed by atoms with E-state index in [1.807, 2.05) is 0 Å². The molecule has 3 N–H and O–H groups in total. The van der Waals surface area contributed by atoms with Crippen molar-refractivity contribution in [2.24, 2.45) is 5.92 Å². The van der Waals surface area contributed by atoms with Crippen molar-refractivity contribution >= 4 is 11.8 Å². The second-order valence-electron chi connectivity index (χ2n) is 3.86. The smallest absolute Gasteiger partial charge is 0.267 e. The predicted octanol–water partition coefficient (Wildman–Crippen LogP) is -1.01. The van der Waals surface area contributed by atoms with E-state index in [1.165, 1.54) is 6.20 Å². The molecule has 96 valence electrons. The maximum Gasteiger partial charge on any atom is 0.267 e. The van der Waals surface area contributed by atoms with Crippen molar-refractivity contribution < 1.29 is 19.5 Å². The van der Waals surface area contributed by atoms with E-state index >= 15 is 0 Å². The number of amides is 2. The van der Waals surface area contributed by atoms with Crippen molar-refractivity contribution in [3.63, 3.8) is 0 Å². The van der Waals surface area contributed by atoms with Crippen LogP contribution in [0.3, 0.4) is 0 Å². The minimum atomic E-state index is -1.15. The lowest BCUT2D eigenvalue weighted by Gasteiger charge is -2.25. The molecule has 1 aromatic heterocycles. The molecule has 0 aromatic carbocycles. The highest BCUT2D eigenvalue weighted by Gasteiger charge is 2.37. The van der Waals surface area contributed by atoms with Gasteiger partial charge in [0.25, 0.3) is 5.91 Å². The van der Waals surface area contributed by atoms with Gasteiger partial charge in [-0.25, -0.2) is 4.98 Å². The monoisotopic (exact) mass is 251 g/mol. The molecule has 2 atom stereocenters. The molecule has 1 aliphatic rings. The molecule has 2 amide bonds. The SMILES string of the molecule is O=C1NCCC(O)C1C(=O)NOc1ccccn1. The van der Waals surface area contributed by atoms with E-state index in [-0.39, 0.29) is 5.88 Å². The Morgan fingerprint density at radius 2 is 2.39 bits per heavy atom. The Bertz CT molecular complexity index is 437. The normalized spacial score (nSPS) is 23.1. The zero-order valence-corrected chi connectivity index (χ0v) is 9.50. The predicted molar refractivity (Wildman–Crippen MR) is 60.1 cm³/mol. The van der Waals surface area contributed by atoms with Crippen molar-refractivity contribution in [2.45, 2.75) is 12.5 Å². The first kappa shape index (κ1) is 12.3. The number of rotatable bonds is 3. The summed E-state index contributed by atoms with van der Waals surface area (Å²) in [5.41, 5.74) is 2.11. The van der Waals surface area contributed by atoms with Gasteiger partial charge in [0.15, 0.2) is 0 Å². The fourth-order valence-corrected chi connectivity index (χ4v) is 1.66. The Labute approximate surface area is 103 Å². The molecule has 7 nitrogen and oxygen atoms in total. The number of hydrogen-bond donors (Lipinski definition) is 3. The molecule has 7 heteroatoms. The fourth-order valence-electron chi connectivity index (χ4n) is 1.66. The highest BCUT2D eigenvalue weighted by atomic mass is 16.7. The third-order valence-electron chi connectivity index (χ3n) is 2.58. The molecule has 0 spiro atoms. The molecule has 1 aromatic rings. The van der Waals surface area contributed by atoms with Gasteiger partial charge in [-0.05, 0) is 12.5 Å². The Balaban J connectivity index is 1.93. The van der Waals surface area contributed by atoms with Gasteiger partial charge >= 0.3 is 0 Å². The fraction of sp³-hybridized carbons (Fsp3) is 0.364. The number of carbonyl (C=O) groups is 2. The topological polar surface area (TPSA) is 101 Å². The molecule has 0 aliphatic carbocycles. The lowest BCUT2D eigenvalue weighted by Crippen LogP contribution is -2.52. The first-order chi connectivity index (χ1) is 8.68. The Morgan fingerprint density at radius 3 is 3.06 bits per heavy atom. The molecule has 1 aliphatic heterocycles. The van der Waals surface area contributed by atoms with Crippen LogP contribution in [0.15, 0.2) is 24.4 Å². The van der Waals surface area contributed by atoms with Gasteiger partial charge in [0, 0.05) is 18.8 Å². The second-order valence-corrected chi connectivity index (χ2v) is 3.86. The van der Waals surface area contributed by atoms with E-state index in [4.69, 9.17) is 4.84 Å². The Morgan fingerprint density at radius 1 is 1.56 bits per heavy atom. The highest BCUT2D eigenvalue weighted by molar-refractivity contribution is 6.01. The second kappa shape index (κ2) is 5.46. The van der Waals surface area contributed by atoms with Crippen LogP contribution in [0, 0.1) is 5.92 Å². The molecule has 0 radical (unpaired) electrons. The van der Waals surface area contributed by atoms with Crippen LogP contribution in [0.4, 0.5) is 0 Å². The summed E-state index contributed by atoms with van der Waals surface area (Å²) in [6, 6.07) is 4.95. The number of aliphatic hydroxyl groups is 1. The van der Waals surface area contributed by atoms with E-state index in [9.17, 15) is 14.7 Å². The molecule has 0 bridgehead atoms. The standard InChI is InChI=1S/C11H13N3O4/c15-7-4-6-13-10(16)9(7)11(17)14-18-8-3-1-2-5-12-8/h1-3,5,7,9,15H,4,6H2,(H,13,16)(H,14,17). The molecule has 18 heavy (non-hydrogen) atoms. The molecule has 2 heterocycles. The van der Waals surface area contributed by atoms with Gasteiger partial charge in [-0.15, -0.1) is 0 Å². The van der Waals surface area contributed by atoms with E-state index in [0.717, 1.165) is 0 Å². The van der Waals surface area contributed by atoms with Crippen molar-refractivity contribution in [2.75, 3.05) is 6.54 Å². The van der Waals surface area contributed by atoms with Crippen LogP contribution in [-0.2, 0) is 9.59 Å². The molecule has 2 unspecified atom stereocenters. The zero-order chi connectivity index (χ0) is 13.0. The summed E-state index contributed by atoms with van der Waals surface area (Å²) in [7, 11) is 0. The van der Waals surface area contributed by atoms with Crippen LogP contribution in [0.2, 0.25) is 0 Å². The third kappa shape index (κ3) is 2.75. The lowest BCUT2D eigenvalue weighted by molar-refractivity contribution is -0.146. The van der Waals surface area contributed by atoms with Gasteiger partial charge in [0.05, 0.1) is 6.10 Å². The number of nitrogens with zero attached hydrogens (tertiary/aromatic N) is 1. The third-order valence-corrected chi connectivity index (χ3v) is 2.58. The van der Waals surface area contributed by atoms with Crippen molar-refractivity contribution in [1.29, 1.82) is 0 Å². The van der Waals surface area contributed by atoms with Crippen LogP contribution < -0.4 is 15.6 Å². The summed E-state index contributed by atoms with van der Waals surface area (Å²) in [5.74, 6) is -2.14. The Hall–Kier alpha value is -2.15. The van der Waals surface area contributed by atoms with Crippen LogP contribution in [0.1, 0.15) is 6.42 Å². The lowest BCUT2D eigenvalue weighted by atomic mass is 9.95. The largest absolute Gasteiger partial charge is 0.392 e. The van der Waals surface area contributed by atoms with Crippen molar-refractivity contribution in [1.82, 2.24) is 15.8 Å². The number of hydroxylamine groups is 1. The van der Waals surface area contributed by atoms with Crippen LogP contribution in [0.5, 0.6) is 5.88 Å². The van der Waals surface area contributed by atoms with E-state index in [0.29, 0.717) is 13.0 Å². The molecular formula is C11H13N3O4. The van der Waals surface area contributed by atoms with Gasteiger partial charge in [0.1, 0.15) is 5.92 Å². The van der Waals surface area contributed by atoms with Gasteiger partial charge < -0.3 is 15.3 Å². The number of nitrogens with one attached hydrogen (secondary N) is 2. The summed E-state index contributed by atoms with van der Waals surface area (Å²) >= 11 is 0. The summed E-state index contributed by atoms with van der Waals surface area (Å²) in [6.07, 6.45) is 0.850. The molecular weight excluding hydrogens is 238 g/mol. The first-order valence-corrected chi connectivity index (χ1v) is 5.52. The number of hydrogen-bond acceptors (Lipinski definition) is 5. The molecule has 1 fully saturated rings. The summed E-state index contributed by atoms with van der Waals surface area (Å²) < 4.78 is 0. The van der Waals surface area contributed by atoms with E-state index in [1.54, 1.807) is 18.2 Å². The van der Waals surface area contributed by atoms with E-state index < -0.39 is 23.8 Å². The highest BCUT2D eigenvalue weighted by Crippen LogP contribution is 2.13. The maximum atomic E-state index is 11.7. The van der Waals surface area contributed by atoms with E-state index in [2.05, 4.69) is 15.8 Å². The number of piperidine rings is 1. The minimum absolute atomic E-state index is 0.205. The van der Waals surface area contributed by atoms with Crippen molar-refractivity contribution in [3.8, 4) is 5.88 Å². The van der Waals surface area contributed by atoms with Gasteiger partial charge in [-0.2, -0.15) is 5.48 Å². The Kier molecular flexibility index (Phi) is 3.73. The van der Waals surface area contributed by atoms with Gasteiger partial charge in [0.2, 0.25) is 11.8 Å². The zero-order valence-electron chi connectivity index (χ0n) is 9.50. The number of aromatic nitrogens is 1. The molecule has 1 saturated heterocycles. The quantitative estimate of drug-likeness (QED) is 0.472. The first-order valence-electron chi connectivity index (χ1n) is 5.52. The summed E-state index contributed by atoms with van der Waals surface area (Å²) in [5, 5.41) is 12.1. The summed E-state index contributed by atoms with van der Waals surface area (Å²) in [6.45, 7) is 0.366. The van der Waals surface area contributed by atoms with Gasteiger partial charge in [-0.1, -0.05) is 6.07 Å². The summed E-state index contributed by atoms with van der Waals surface area (Å²) in [4.78, 5) is 31.9. The number of aliphatic hydroxyl groups excluding tert-OH is 1. The maximum absolute atomic E-state index is 11.7. The minimum Gasteiger partial charge on any atom is -0.392 e.